The van der Waals surface area contributed by atoms with Gasteiger partial charge in [-0.05, 0) is 19.9 Å². The Hall–Kier alpha value is 0.120. The van der Waals surface area contributed by atoms with Crippen molar-refractivity contribution >= 4 is 28.8 Å². The van der Waals surface area contributed by atoms with E-state index in [2.05, 4.69) is 22.9 Å². The topological polar surface area (TPSA) is 66.6 Å². The predicted molar refractivity (Wildman–Crippen MR) is 56.1 cm³/mol. The van der Waals surface area contributed by atoms with Crippen molar-refractivity contribution < 1.29 is 9.90 Å². The molecule has 1 atom stereocenters. The quantitative estimate of drug-likeness (QED) is 0.431. The van der Waals surface area contributed by atoms with Gasteiger partial charge in [-0.2, -0.15) is 0 Å². The van der Waals surface area contributed by atoms with E-state index in [1.54, 1.807) is 0 Å². The molecular weight excluding hydrogens is 271 g/mol. The Kier molecular flexibility index (Phi) is 6.68. The molecule has 0 saturated carbocycles. The molecule has 0 heterocycles. The third-order valence-corrected chi connectivity index (χ3v) is 2.03. The van der Waals surface area contributed by atoms with Crippen LogP contribution in [0.3, 0.4) is 0 Å². The SMILES string of the molecule is CN(I)CCCCC(N)C(=O)O. The number of carboxylic acid groups (broad SMARTS) is 1. The number of rotatable bonds is 6. The van der Waals surface area contributed by atoms with E-state index in [0.29, 0.717) is 6.42 Å². The van der Waals surface area contributed by atoms with Crippen molar-refractivity contribution in [3.63, 3.8) is 0 Å². The van der Waals surface area contributed by atoms with Crippen molar-refractivity contribution in [2.24, 2.45) is 5.73 Å². The minimum absolute atomic E-state index is 0.569. The van der Waals surface area contributed by atoms with Crippen LogP contribution in [-0.2, 0) is 4.79 Å². The zero-order valence-electron chi connectivity index (χ0n) is 7.16. The monoisotopic (exact) mass is 286 g/mol. The van der Waals surface area contributed by atoms with Gasteiger partial charge in [-0.1, -0.05) is 6.42 Å². The number of nitrogens with zero attached hydrogens (tertiary/aromatic N) is 1. The molecule has 0 spiro atoms. The maximum Gasteiger partial charge on any atom is 0.320 e. The summed E-state index contributed by atoms with van der Waals surface area (Å²) in [5.41, 5.74) is 5.32. The van der Waals surface area contributed by atoms with Crippen LogP contribution in [0.15, 0.2) is 0 Å². The van der Waals surface area contributed by atoms with Gasteiger partial charge in [-0.25, -0.2) is 0 Å². The first-order valence-electron chi connectivity index (χ1n) is 3.89. The number of halogens is 1. The lowest BCUT2D eigenvalue weighted by Crippen LogP contribution is -2.29. The molecule has 0 radical (unpaired) electrons. The smallest absolute Gasteiger partial charge is 0.320 e. The van der Waals surface area contributed by atoms with E-state index >= 15 is 0 Å². The van der Waals surface area contributed by atoms with E-state index in [1.807, 2.05) is 10.2 Å². The number of carboxylic acids is 1. The Bertz CT molecular complexity index is 141. The fraction of sp³-hybridized carbons (Fsp3) is 0.857. The second-order valence-electron chi connectivity index (χ2n) is 2.77. The summed E-state index contributed by atoms with van der Waals surface area (Å²) in [5, 5.41) is 8.45. The van der Waals surface area contributed by atoms with Crippen molar-refractivity contribution in [2.45, 2.75) is 25.3 Å². The average molecular weight is 286 g/mol. The van der Waals surface area contributed by atoms with Crippen LogP contribution in [0, 0.1) is 0 Å². The molecule has 5 heteroatoms. The third kappa shape index (κ3) is 6.81. The van der Waals surface area contributed by atoms with Gasteiger partial charge < -0.3 is 10.8 Å². The summed E-state index contributed by atoms with van der Waals surface area (Å²) in [4.78, 5) is 10.3. The van der Waals surface area contributed by atoms with Crippen molar-refractivity contribution in [3.05, 3.63) is 0 Å². The molecule has 3 N–H and O–H groups in total. The molecule has 0 aromatic carbocycles. The van der Waals surface area contributed by atoms with E-state index in [-0.39, 0.29) is 0 Å². The van der Waals surface area contributed by atoms with Gasteiger partial charge in [0, 0.05) is 29.4 Å². The fourth-order valence-electron chi connectivity index (χ4n) is 0.817. The summed E-state index contributed by atoms with van der Waals surface area (Å²) >= 11 is 2.20. The molecular formula is C7H15IN2O2. The summed E-state index contributed by atoms with van der Waals surface area (Å²) in [5.74, 6) is -0.905. The molecule has 0 aliphatic carbocycles. The molecule has 0 aliphatic rings. The van der Waals surface area contributed by atoms with Crippen molar-refractivity contribution in [2.75, 3.05) is 13.6 Å². The highest BCUT2D eigenvalue weighted by Crippen LogP contribution is 2.02. The minimum atomic E-state index is -0.905. The molecule has 0 aromatic rings. The summed E-state index contributed by atoms with van der Waals surface area (Å²) < 4.78 is 2.05. The molecule has 72 valence electrons. The predicted octanol–water partition coefficient (Wildman–Crippen LogP) is 0.850. The maximum absolute atomic E-state index is 10.3. The van der Waals surface area contributed by atoms with E-state index in [1.165, 1.54) is 0 Å². The van der Waals surface area contributed by atoms with E-state index in [0.717, 1.165) is 19.4 Å². The largest absolute Gasteiger partial charge is 0.480 e. The molecule has 1 unspecified atom stereocenters. The molecule has 0 fully saturated rings. The molecule has 12 heavy (non-hydrogen) atoms. The molecule has 0 rings (SSSR count). The van der Waals surface area contributed by atoms with Gasteiger partial charge in [0.1, 0.15) is 6.04 Å². The minimum Gasteiger partial charge on any atom is -0.480 e. The standard InChI is InChI=1S/C7H15IN2O2/c1-10(8)5-3-2-4-6(9)7(11)12/h6H,2-5,9H2,1H3,(H,11,12). The van der Waals surface area contributed by atoms with Crippen LogP contribution in [0.5, 0.6) is 0 Å². The van der Waals surface area contributed by atoms with E-state index in [4.69, 9.17) is 10.8 Å². The van der Waals surface area contributed by atoms with Gasteiger partial charge in [-0.3, -0.25) is 7.91 Å². The first-order chi connectivity index (χ1) is 5.54. The number of unbranched alkanes of at least 4 members (excludes halogenated alkanes) is 1. The second kappa shape index (κ2) is 6.62. The van der Waals surface area contributed by atoms with Crippen LogP contribution < -0.4 is 5.73 Å². The number of carbonyl (C=O) groups is 1. The molecule has 0 saturated heterocycles. The highest BCUT2D eigenvalue weighted by atomic mass is 127. The summed E-state index contributed by atoms with van der Waals surface area (Å²) in [6.45, 7) is 0.979. The molecule has 0 bridgehead atoms. The highest BCUT2D eigenvalue weighted by Gasteiger charge is 2.09. The lowest BCUT2D eigenvalue weighted by Gasteiger charge is -2.08. The van der Waals surface area contributed by atoms with Crippen LogP contribution in [0.4, 0.5) is 0 Å². The second-order valence-corrected chi connectivity index (χ2v) is 4.42. The van der Waals surface area contributed by atoms with Gasteiger partial charge in [0.05, 0.1) is 0 Å². The zero-order valence-corrected chi connectivity index (χ0v) is 9.32. The van der Waals surface area contributed by atoms with Gasteiger partial charge in [0.25, 0.3) is 0 Å². The van der Waals surface area contributed by atoms with Crippen LogP contribution in [-0.4, -0.2) is 33.8 Å². The van der Waals surface area contributed by atoms with Crippen molar-refractivity contribution in [1.82, 2.24) is 3.11 Å². The van der Waals surface area contributed by atoms with Crippen LogP contribution in [0.2, 0.25) is 0 Å². The molecule has 0 amide bonds. The number of hydrogen-bond acceptors (Lipinski definition) is 3. The Balaban J connectivity index is 3.25. The number of nitrogens with two attached hydrogens (primary N) is 1. The van der Waals surface area contributed by atoms with Gasteiger partial charge in [0.15, 0.2) is 0 Å². The Morgan fingerprint density at radius 1 is 1.67 bits per heavy atom. The fourth-order valence-corrected chi connectivity index (χ4v) is 1.16. The number of hydrogen-bond donors (Lipinski definition) is 2. The lowest BCUT2D eigenvalue weighted by atomic mass is 10.1. The van der Waals surface area contributed by atoms with Crippen LogP contribution in [0.1, 0.15) is 19.3 Å². The van der Waals surface area contributed by atoms with Crippen LogP contribution >= 0.6 is 22.9 Å². The maximum atomic E-state index is 10.3. The van der Waals surface area contributed by atoms with E-state index < -0.39 is 12.0 Å². The van der Waals surface area contributed by atoms with Crippen molar-refractivity contribution in [3.8, 4) is 0 Å². The first-order valence-corrected chi connectivity index (χ1v) is 4.86. The summed E-state index contributed by atoms with van der Waals surface area (Å²) in [7, 11) is 1.98. The Morgan fingerprint density at radius 2 is 2.25 bits per heavy atom. The Morgan fingerprint density at radius 3 is 2.67 bits per heavy atom. The average Bonchev–Trinajstić information content (AvgIpc) is 1.97. The van der Waals surface area contributed by atoms with Gasteiger partial charge >= 0.3 is 5.97 Å². The third-order valence-electron chi connectivity index (χ3n) is 1.55. The lowest BCUT2D eigenvalue weighted by molar-refractivity contribution is -0.138. The zero-order chi connectivity index (χ0) is 9.56. The Labute approximate surface area is 86.6 Å². The molecule has 4 nitrogen and oxygen atoms in total. The van der Waals surface area contributed by atoms with Crippen LogP contribution in [0.25, 0.3) is 0 Å². The van der Waals surface area contributed by atoms with E-state index in [9.17, 15) is 4.79 Å². The highest BCUT2D eigenvalue weighted by molar-refractivity contribution is 14.1. The van der Waals surface area contributed by atoms with Gasteiger partial charge in [0.2, 0.25) is 0 Å². The summed E-state index contributed by atoms with van der Waals surface area (Å²) in [6.07, 6.45) is 2.45. The van der Waals surface area contributed by atoms with Crippen molar-refractivity contribution in [1.29, 1.82) is 0 Å². The van der Waals surface area contributed by atoms with Gasteiger partial charge in [-0.15, -0.1) is 0 Å². The molecule has 0 aliphatic heterocycles. The molecule has 0 aromatic heterocycles. The first kappa shape index (κ1) is 12.1. The number of aliphatic carboxylic acids is 1. The summed E-state index contributed by atoms with van der Waals surface area (Å²) in [6, 6.07) is -0.690. The normalized spacial score (nSPS) is 13.3.